The number of hydrogen-bond donors (Lipinski definition) is 2. The minimum absolute atomic E-state index is 0.0312. The van der Waals surface area contributed by atoms with Gasteiger partial charge in [-0.2, -0.15) is 5.26 Å². The molecule has 3 atom stereocenters. The van der Waals surface area contributed by atoms with Crippen molar-refractivity contribution in [3.63, 3.8) is 0 Å². The van der Waals surface area contributed by atoms with Crippen LogP contribution in [-0.2, 0) is 20.9 Å². The molecule has 5 rings (SSSR count). The molecule has 4 aromatic rings. The molecule has 0 aromatic heterocycles. The number of carboxylic acid groups (broad SMARTS) is 1. The molecule has 0 spiro atoms. The molecule has 1 unspecified atom stereocenters. The maximum absolute atomic E-state index is 15.0. The van der Waals surface area contributed by atoms with Crippen LogP contribution in [0.4, 0.5) is 16.2 Å². The molecule has 0 bridgehead atoms. The number of likely N-dealkylation sites (N-methyl/N-ethyl adjacent to an activating group) is 1. The quantitative estimate of drug-likeness (QED) is 0.231. The molecule has 0 saturated heterocycles. The summed E-state index contributed by atoms with van der Waals surface area (Å²) < 4.78 is 11.2. The van der Waals surface area contributed by atoms with Gasteiger partial charge in [0.05, 0.1) is 48.3 Å². The average Bonchev–Trinajstić information content (AvgIpc) is 3.21. The Morgan fingerprint density at radius 3 is 2.26 bits per heavy atom. The van der Waals surface area contributed by atoms with E-state index < -0.39 is 53.5 Å². The number of amides is 4. The van der Waals surface area contributed by atoms with E-state index in [1.807, 2.05) is 30.3 Å². The zero-order valence-electron chi connectivity index (χ0n) is 30.5. The van der Waals surface area contributed by atoms with Gasteiger partial charge in [0.1, 0.15) is 23.4 Å². The number of aromatic carboxylic acids is 1. The standard InChI is InChI=1S/C40H41N5O8/c1-23-34(42-35(46)24(2)43(6)39(51)53-40(3,4)5)37(48)44(22-30-29-11-9-8-10-26(29)17-19-33(30)52-7)31-18-12-25(21-41)20-32(31)45(23)36(47)27-13-15-28(16-14-27)38(49)50/h8-20,23-24,34H,22H2,1-7H3,(H,42,46)(H,49,50)/t23-,24-,34?/m0/s1. The van der Waals surface area contributed by atoms with Crippen molar-refractivity contribution in [2.45, 2.75) is 64.9 Å². The highest BCUT2D eigenvalue weighted by molar-refractivity contribution is 6.14. The molecule has 4 amide bonds. The van der Waals surface area contributed by atoms with Gasteiger partial charge in [-0.1, -0.05) is 30.3 Å². The Balaban J connectivity index is 1.67. The summed E-state index contributed by atoms with van der Waals surface area (Å²) in [5.74, 6) is -2.54. The number of methoxy groups -OCH3 is 1. The predicted octanol–water partition coefficient (Wildman–Crippen LogP) is 5.74. The third-order valence-electron chi connectivity index (χ3n) is 9.15. The number of nitriles is 1. The average molecular weight is 720 g/mol. The van der Waals surface area contributed by atoms with Crippen molar-refractivity contribution in [3.05, 3.63) is 101 Å². The summed E-state index contributed by atoms with van der Waals surface area (Å²) in [5.41, 5.74) is 0.614. The Morgan fingerprint density at radius 1 is 0.981 bits per heavy atom. The van der Waals surface area contributed by atoms with Crippen LogP contribution in [0.25, 0.3) is 10.8 Å². The van der Waals surface area contributed by atoms with Gasteiger partial charge in [-0.05, 0) is 93.9 Å². The van der Waals surface area contributed by atoms with Crippen molar-refractivity contribution in [2.75, 3.05) is 24.0 Å². The smallest absolute Gasteiger partial charge is 0.410 e. The molecular formula is C40H41N5O8. The van der Waals surface area contributed by atoms with Crippen molar-refractivity contribution >= 4 is 51.9 Å². The Labute approximate surface area is 307 Å². The largest absolute Gasteiger partial charge is 0.496 e. The Morgan fingerprint density at radius 2 is 1.64 bits per heavy atom. The fourth-order valence-electron chi connectivity index (χ4n) is 6.18. The highest BCUT2D eigenvalue weighted by Gasteiger charge is 2.44. The Bertz CT molecular complexity index is 2140. The number of ether oxygens (including phenoxy) is 2. The number of carbonyl (C=O) groups is 5. The third-order valence-corrected chi connectivity index (χ3v) is 9.15. The van der Waals surface area contributed by atoms with Crippen LogP contribution in [0.2, 0.25) is 0 Å². The summed E-state index contributed by atoms with van der Waals surface area (Å²) >= 11 is 0. The minimum Gasteiger partial charge on any atom is -0.496 e. The zero-order chi connectivity index (χ0) is 38.8. The van der Waals surface area contributed by atoms with Gasteiger partial charge in [-0.25, -0.2) is 9.59 Å². The van der Waals surface area contributed by atoms with Crippen LogP contribution in [0, 0.1) is 11.3 Å². The lowest BCUT2D eigenvalue weighted by molar-refractivity contribution is -0.130. The number of nitrogens with zero attached hydrogens (tertiary/aromatic N) is 4. The molecule has 1 heterocycles. The second-order valence-electron chi connectivity index (χ2n) is 13.8. The Hall–Kier alpha value is -6.42. The second kappa shape index (κ2) is 15.1. The van der Waals surface area contributed by atoms with Crippen LogP contribution < -0.4 is 19.9 Å². The number of anilines is 2. The summed E-state index contributed by atoms with van der Waals surface area (Å²) in [4.78, 5) is 71.8. The maximum Gasteiger partial charge on any atom is 0.410 e. The van der Waals surface area contributed by atoms with E-state index in [0.29, 0.717) is 11.3 Å². The van der Waals surface area contributed by atoms with Crippen LogP contribution in [0.5, 0.6) is 5.75 Å². The molecule has 0 fully saturated rings. The number of fused-ring (bicyclic) bond motifs is 2. The van der Waals surface area contributed by atoms with Crippen molar-refractivity contribution in [1.29, 1.82) is 5.26 Å². The number of hydrogen-bond acceptors (Lipinski definition) is 8. The molecule has 1 aliphatic rings. The first kappa shape index (κ1) is 37.8. The van der Waals surface area contributed by atoms with E-state index in [4.69, 9.17) is 9.47 Å². The summed E-state index contributed by atoms with van der Waals surface area (Å²) in [6.45, 7) is 8.13. The molecule has 274 valence electrons. The number of nitrogens with one attached hydrogen (secondary N) is 1. The van der Waals surface area contributed by atoms with Gasteiger partial charge >= 0.3 is 12.1 Å². The molecule has 4 aromatic carbocycles. The number of rotatable bonds is 8. The van der Waals surface area contributed by atoms with E-state index in [1.54, 1.807) is 39.8 Å². The van der Waals surface area contributed by atoms with Gasteiger partial charge in [0.25, 0.3) is 11.8 Å². The van der Waals surface area contributed by atoms with Crippen molar-refractivity contribution in [3.8, 4) is 11.8 Å². The monoisotopic (exact) mass is 719 g/mol. The van der Waals surface area contributed by atoms with Gasteiger partial charge in [0.15, 0.2) is 0 Å². The summed E-state index contributed by atoms with van der Waals surface area (Å²) in [6.07, 6.45) is -0.747. The van der Waals surface area contributed by atoms with Crippen LogP contribution in [0.1, 0.15) is 66.5 Å². The first-order valence-electron chi connectivity index (χ1n) is 16.9. The molecule has 0 aliphatic carbocycles. The highest BCUT2D eigenvalue weighted by Crippen LogP contribution is 2.40. The fraction of sp³-hybridized carbons (Fsp3) is 0.300. The summed E-state index contributed by atoms with van der Waals surface area (Å²) in [5, 5.41) is 23.9. The first-order chi connectivity index (χ1) is 25.1. The van der Waals surface area contributed by atoms with Crippen molar-refractivity contribution < 1.29 is 38.6 Å². The van der Waals surface area contributed by atoms with Crippen molar-refractivity contribution in [2.24, 2.45) is 0 Å². The van der Waals surface area contributed by atoms with E-state index in [9.17, 15) is 34.3 Å². The summed E-state index contributed by atoms with van der Waals surface area (Å²) in [6, 6.07) is 19.8. The summed E-state index contributed by atoms with van der Waals surface area (Å²) in [7, 11) is 2.93. The molecule has 0 saturated carbocycles. The number of carbonyl (C=O) groups excluding carboxylic acids is 4. The first-order valence-corrected chi connectivity index (χ1v) is 16.9. The lowest BCUT2D eigenvalue weighted by atomic mass is 10.0. The normalized spacial score (nSPS) is 16.2. The topological polar surface area (TPSA) is 170 Å². The SMILES string of the molecule is COc1ccc2ccccc2c1CN1C(=O)C(NC(=O)[C@H](C)N(C)C(=O)OC(C)(C)C)[C@H](C)N(C(=O)c2ccc(C(=O)O)cc2)c2cc(C#N)ccc21. The number of carboxylic acids is 1. The molecule has 1 aliphatic heterocycles. The van der Waals surface area contributed by atoms with Gasteiger partial charge in [-0.15, -0.1) is 0 Å². The molecule has 2 N–H and O–H groups in total. The van der Waals surface area contributed by atoms with Gasteiger partial charge in [0.2, 0.25) is 5.91 Å². The van der Waals surface area contributed by atoms with Gasteiger partial charge in [0, 0.05) is 18.2 Å². The van der Waals surface area contributed by atoms with Crippen molar-refractivity contribution in [1.82, 2.24) is 10.2 Å². The van der Waals surface area contributed by atoms with E-state index in [1.165, 1.54) is 67.3 Å². The fourth-order valence-corrected chi connectivity index (χ4v) is 6.18. The lowest BCUT2D eigenvalue weighted by Gasteiger charge is -2.34. The highest BCUT2D eigenvalue weighted by atomic mass is 16.6. The van der Waals surface area contributed by atoms with E-state index in [-0.39, 0.29) is 34.6 Å². The van der Waals surface area contributed by atoms with Crippen LogP contribution in [0.15, 0.2) is 78.9 Å². The molecular weight excluding hydrogens is 678 g/mol. The predicted molar refractivity (Wildman–Crippen MR) is 198 cm³/mol. The molecule has 13 heteroatoms. The van der Waals surface area contributed by atoms with E-state index in [0.717, 1.165) is 15.7 Å². The second-order valence-corrected chi connectivity index (χ2v) is 13.8. The Kier molecular flexibility index (Phi) is 10.7. The molecule has 13 nitrogen and oxygen atoms in total. The van der Waals surface area contributed by atoms with Crippen LogP contribution >= 0.6 is 0 Å². The minimum atomic E-state index is -1.38. The van der Waals surface area contributed by atoms with Crippen LogP contribution in [0.3, 0.4) is 0 Å². The van der Waals surface area contributed by atoms with Gasteiger partial charge in [-0.3, -0.25) is 19.3 Å². The van der Waals surface area contributed by atoms with Gasteiger partial charge < -0.3 is 29.7 Å². The third kappa shape index (κ3) is 7.77. The maximum atomic E-state index is 15.0. The molecule has 53 heavy (non-hydrogen) atoms. The lowest BCUT2D eigenvalue weighted by Crippen LogP contribution is -2.60. The molecule has 0 radical (unpaired) electrons. The number of benzene rings is 4. The van der Waals surface area contributed by atoms with E-state index >= 15 is 0 Å². The van der Waals surface area contributed by atoms with Crippen LogP contribution in [-0.4, -0.2) is 77.7 Å². The zero-order valence-corrected chi connectivity index (χ0v) is 30.5. The van der Waals surface area contributed by atoms with E-state index in [2.05, 4.69) is 11.4 Å².